The summed E-state index contributed by atoms with van der Waals surface area (Å²) < 4.78 is 6.13. The second kappa shape index (κ2) is 6.33. The first kappa shape index (κ1) is 14.2. The normalized spacial score (nSPS) is 40.1. The summed E-state index contributed by atoms with van der Waals surface area (Å²) in [5.41, 5.74) is 0.224. The van der Waals surface area contributed by atoms with E-state index in [1.54, 1.807) is 0 Å². The fourth-order valence-electron chi connectivity index (χ4n) is 3.82. The second-order valence-corrected chi connectivity index (χ2v) is 7.67. The summed E-state index contributed by atoms with van der Waals surface area (Å²) in [7, 11) is 2.32. The predicted molar refractivity (Wildman–Crippen MR) is 81.9 cm³/mol. The van der Waals surface area contributed by atoms with Crippen LogP contribution in [0.2, 0.25) is 0 Å². The van der Waals surface area contributed by atoms with Crippen LogP contribution in [0.4, 0.5) is 0 Å². The van der Waals surface area contributed by atoms with Crippen LogP contribution in [-0.2, 0) is 4.74 Å². The van der Waals surface area contributed by atoms with Gasteiger partial charge < -0.3 is 15.0 Å². The molecule has 3 fully saturated rings. The fraction of sp³-hybridized carbons (Fsp3) is 1.00. The van der Waals surface area contributed by atoms with Crippen LogP contribution in [0.1, 0.15) is 38.5 Å². The van der Waals surface area contributed by atoms with E-state index >= 15 is 0 Å². The third kappa shape index (κ3) is 3.46. The lowest BCUT2D eigenvalue weighted by molar-refractivity contribution is -0.0873. The first-order valence-corrected chi connectivity index (χ1v) is 9.08. The van der Waals surface area contributed by atoms with Crippen molar-refractivity contribution in [1.82, 2.24) is 10.2 Å². The largest absolute Gasteiger partial charge is 0.374 e. The minimum Gasteiger partial charge on any atom is -0.374 e. The van der Waals surface area contributed by atoms with E-state index in [4.69, 9.17) is 4.74 Å². The van der Waals surface area contributed by atoms with E-state index in [0.29, 0.717) is 0 Å². The second-order valence-electron chi connectivity index (χ2n) is 6.57. The first-order chi connectivity index (χ1) is 9.27. The molecule has 3 unspecified atom stereocenters. The Bertz CT molecular complexity index is 288. The maximum atomic E-state index is 6.13. The summed E-state index contributed by atoms with van der Waals surface area (Å²) in [5, 5.41) is 3.67. The van der Waals surface area contributed by atoms with Gasteiger partial charge in [-0.3, -0.25) is 0 Å². The van der Waals surface area contributed by atoms with Gasteiger partial charge in [-0.2, -0.15) is 11.8 Å². The van der Waals surface area contributed by atoms with Crippen molar-refractivity contribution < 1.29 is 4.74 Å². The molecule has 3 saturated heterocycles. The van der Waals surface area contributed by atoms with Gasteiger partial charge in [0, 0.05) is 31.0 Å². The maximum absolute atomic E-state index is 6.13. The Morgan fingerprint density at radius 3 is 3.05 bits per heavy atom. The maximum Gasteiger partial charge on any atom is 0.0795 e. The molecule has 3 nitrogen and oxygen atoms in total. The van der Waals surface area contributed by atoms with Gasteiger partial charge in [-0.25, -0.2) is 0 Å². The number of rotatable bonds is 3. The van der Waals surface area contributed by atoms with Crippen LogP contribution < -0.4 is 5.32 Å². The zero-order valence-electron chi connectivity index (χ0n) is 12.2. The van der Waals surface area contributed by atoms with Crippen molar-refractivity contribution in [3.8, 4) is 0 Å². The third-order valence-corrected chi connectivity index (χ3v) is 6.30. The summed E-state index contributed by atoms with van der Waals surface area (Å²) in [5.74, 6) is 2.51. The first-order valence-electron chi connectivity index (χ1n) is 7.93. The van der Waals surface area contributed by atoms with Crippen molar-refractivity contribution >= 4 is 11.8 Å². The molecule has 3 heterocycles. The quantitative estimate of drug-likeness (QED) is 0.858. The van der Waals surface area contributed by atoms with Crippen LogP contribution in [0.15, 0.2) is 0 Å². The highest BCUT2D eigenvalue weighted by molar-refractivity contribution is 7.99. The van der Waals surface area contributed by atoms with Gasteiger partial charge in [-0.1, -0.05) is 6.42 Å². The Morgan fingerprint density at radius 2 is 2.32 bits per heavy atom. The Morgan fingerprint density at radius 1 is 1.37 bits per heavy atom. The summed E-state index contributed by atoms with van der Waals surface area (Å²) in [6, 6.07) is 1.45. The molecule has 0 saturated carbocycles. The smallest absolute Gasteiger partial charge is 0.0795 e. The zero-order chi connectivity index (χ0) is 13.1. The van der Waals surface area contributed by atoms with Gasteiger partial charge in [-0.15, -0.1) is 0 Å². The molecule has 0 radical (unpaired) electrons. The van der Waals surface area contributed by atoms with Gasteiger partial charge in [0.05, 0.1) is 5.60 Å². The summed E-state index contributed by atoms with van der Waals surface area (Å²) >= 11 is 2.07. The standard InChI is InChI=1S/C15H28N2OS/c1-17(11-13-4-2-3-7-16-13)14-5-8-18-15(10-14)6-9-19-12-15/h13-14,16H,2-12H2,1H3. The Kier molecular flexibility index (Phi) is 4.73. The molecule has 1 N–H and O–H groups in total. The van der Waals surface area contributed by atoms with E-state index in [1.807, 2.05) is 0 Å². The minimum absolute atomic E-state index is 0.224. The van der Waals surface area contributed by atoms with Gasteiger partial charge in [0.15, 0.2) is 0 Å². The predicted octanol–water partition coefficient (Wildman–Crippen LogP) is 2.12. The van der Waals surface area contributed by atoms with Gasteiger partial charge in [0.1, 0.15) is 0 Å². The monoisotopic (exact) mass is 284 g/mol. The van der Waals surface area contributed by atoms with Crippen molar-refractivity contribution in [2.75, 3.05) is 38.2 Å². The van der Waals surface area contributed by atoms with Crippen LogP contribution in [0, 0.1) is 0 Å². The molecule has 3 atom stereocenters. The number of thioether (sulfide) groups is 1. The molecule has 4 heteroatoms. The molecule has 0 aromatic rings. The van der Waals surface area contributed by atoms with E-state index in [-0.39, 0.29) is 5.60 Å². The Labute approximate surface area is 121 Å². The average Bonchev–Trinajstić information content (AvgIpc) is 2.88. The van der Waals surface area contributed by atoms with Gasteiger partial charge in [0.25, 0.3) is 0 Å². The zero-order valence-corrected chi connectivity index (χ0v) is 13.0. The van der Waals surface area contributed by atoms with Crippen LogP contribution in [0.5, 0.6) is 0 Å². The molecule has 0 aromatic heterocycles. The van der Waals surface area contributed by atoms with Crippen LogP contribution >= 0.6 is 11.8 Å². The van der Waals surface area contributed by atoms with Crippen molar-refractivity contribution in [2.45, 2.75) is 56.2 Å². The number of hydrogen-bond acceptors (Lipinski definition) is 4. The molecule has 0 bridgehead atoms. The van der Waals surface area contributed by atoms with Gasteiger partial charge >= 0.3 is 0 Å². The minimum atomic E-state index is 0.224. The van der Waals surface area contributed by atoms with E-state index < -0.39 is 0 Å². The number of hydrogen-bond donors (Lipinski definition) is 1. The number of piperidine rings is 1. The van der Waals surface area contributed by atoms with E-state index in [1.165, 1.54) is 63.1 Å². The van der Waals surface area contributed by atoms with Crippen molar-refractivity contribution in [3.63, 3.8) is 0 Å². The number of likely N-dealkylation sites (N-methyl/N-ethyl adjacent to an activating group) is 1. The third-order valence-electron chi connectivity index (χ3n) is 5.08. The van der Waals surface area contributed by atoms with Crippen molar-refractivity contribution in [1.29, 1.82) is 0 Å². The Hall–Kier alpha value is 0.230. The number of ether oxygens (including phenoxy) is 1. The summed E-state index contributed by atoms with van der Waals surface area (Å²) in [4.78, 5) is 2.61. The van der Waals surface area contributed by atoms with E-state index in [9.17, 15) is 0 Å². The molecule has 3 aliphatic rings. The molecule has 0 aliphatic carbocycles. The lowest BCUT2D eigenvalue weighted by atomic mass is 9.89. The van der Waals surface area contributed by atoms with Gasteiger partial charge in [-0.05, 0) is 51.4 Å². The molecule has 3 rings (SSSR count). The Balaban J connectivity index is 1.52. The van der Waals surface area contributed by atoms with Crippen molar-refractivity contribution in [3.05, 3.63) is 0 Å². The van der Waals surface area contributed by atoms with E-state index in [0.717, 1.165) is 18.7 Å². The molecule has 1 spiro atoms. The summed E-state index contributed by atoms with van der Waals surface area (Å²) in [6.45, 7) is 3.40. The number of nitrogens with zero attached hydrogens (tertiary/aromatic N) is 1. The number of nitrogens with one attached hydrogen (secondary N) is 1. The molecule has 0 aromatic carbocycles. The van der Waals surface area contributed by atoms with Gasteiger partial charge in [0.2, 0.25) is 0 Å². The highest BCUT2D eigenvalue weighted by Gasteiger charge is 2.41. The molecule has 0 amide bonds. The topological polar surface area (TPSA) is 24.5 Å². The lowest BCUT2D eigenvalue weighted by Crippen LogP contribution is -2.51. The van der Waals surface area contributed by atoms with Crippen LogP contribution in [0.25, 0.3) is 0 Å². The average molecular weight is 284 g/mol. The fourth-order valence-corrected chi connectivity index (χ4v) is 5.20. The molecular formula is C15H28N2OS. The van der Waals surface area contributed by atoms with Crippen LogP contribution in [-0.4, -0.2) is 60.8 Å². The lowest BCUT2D eigenvalue weighted by Gasteiger charge is -2.42. The summed E-state index contributed by atoms with van der Waals surface area (Å²) in [6.07, 6.45) is 7.86. The molecule has 3 aliphatic heterocycles. The highest BCUT2D eigenvalue weighted by atomic mass is 32.2. The van der Waals surface area contributed by atoms with Crippen molar-refractivity contribution in [2.24, 2.45) is 0 Å². The van der Waals surface area contributed by atoms with Crippen LogP contribution in [0.3, 0.4) is 0 Å². The SMILES string of the molecule is CN(CC1CCCCN1)C1CCOC2(CCSC2)C1. The molecule has 19 heavy (non-hydrogen) atoms. The molecular weight excluding hydrogens is 256 g/mol. The molecule has 110 valence electrons. The van der Waals surface area contributed by atoms with E-state index in [2.05, 4.69) is 29.0 Å². The highest BCUT2D eigenvalue weighted by Crippen LogP contribution is 2.39.